The summed E-state index contributed by atoms with van der Waals surface area (Å²) in [7, 11) is 2.26. The molecule has 0 bridgehead atoms. The van der Waals surface area contributed by atoms with Crippen molar-refractivity contribution in [2.45, 2.75) is 25.9 Å². The van der Waals surface area contributed by atoms with Crippen LogP contribution in [-0.4, -0.2) is 36.5 Å². The van der Waals surface area contributed by atoms with Gasteiger partial charge in [0.25, 0.3) is 0 Å². The molecule has 1 fully saturated rings. The van der Waals surface area contributed by atoms with Crippen LogP contribution in [0.4, 0.5) is 0 Å². The fraction of sp³-hybridized carbons (Fsp3) is 0.474. The van der Waals surface area contributed by atoms with Crippen molar-refractivity contribution in [2.24, 2.45) is 5.92 Å². The van der Waals surface area contributed by atoms with Crippen molar-refractivity contribution in [3.05, 3.63) is 55.8 Å². The van der Waals surface area contributed by atoms with E-state index in [2.05, 4.69) is 80.5 Å². The minimum atomic E-state index is 0.853. The first kappa shape index (κ1) is 17.4. The maximum atomic E-state index is 2.61. The van der Waals surface area contributed by atoms with Crippen molar-refractivity contribution >= 4 is 33.9 Å². The van der Waals surface area contributed by atoms with Gasteiger partial charge in [0.2, 0.25) is 0 Å². The molecule has 124 valence electrons. The van der Waals surface area contributed by atoms with E-state index in [0.29, 0.717) is 0 Å². The van der Waals surface area contributed by atoms with Crippen LogP contribution in [0.3, 0.4) is 0 Å². The lowest BCUT2D eigenvalue weighted by Gasteiger charge is -2.34. The van der Waals surface area contributed by atoms with Crippen molar-refractivity contribution in [1.82, 2.24) is 9.80 Å². The Morgan fingerprint density at radius 2 is 1.87 bits per heavy atom. The summed E-state index contributed by atoms with van der Waals surface area (Å²) in [5.74, 6) is 0.853. The van der Waals surface area contributed by atoms with Gasteiger partial charge in [-0.25, -0.2) is 0 Å². The Morgan fingerprint density at radius 3 is 2.52 bits per heavy atom. The zero-order chi connectivity index (χ0) is 16.1. The van der Waals surface area contributed by atoms with Crippen LogP contribution in [0.1, 0.15) is 24.0 Å². The molecule has 1 saturated heterocycles. The fourth-order valence-electron chi connectivity index (χ4n) is 3.37. The number of piperidine rings is 1. The molecule has 0 amide bonds. The fourth-order valence-corrected chi connectivity index (χ4v) is 4.39. The Labute approximate surface area is 157 Å². The molecule has 0 N–H and O–H groups in total. The van der Waals surface area contributed by atoms with Crippen LogP contribution in [0.25, 0.3) is 0 Å². The van der Waals surface area contributed by atoms with Crippen LogP contribution < -0.4 is 0 Å². The summed E-state index contributed by atoms with van der Waals surface area (Å²) in [4.78, 5) is 5.10. The Bertz CT molecular complexity index is 574. The highest BCUT2D eigenvalue weighted by Crippen LogP contribution is 2.21. The molecule has 2 aromatic rings. The average Bonchev–Trinajstić information content (AvgIpc) is 3.04. The molecule has 0 spiro atoms. The van der Waals surface area contributed by atoms with Gasteiger partial charge in [0, 0.05) is 23.2 Å². The number of hydrogen-bond acceptors (Lipinski definition) is 3. The quantitative estimate of drug-likeness (QED) is 0.601. The molecule has 1 aliphatic heterocycles. The largest absolute Gasteiger partial charge is 0.302 e. The molecule has 0 aliphatic carbocycles. The first-order valence-electron chi connectivity index (χ1n) is 8.35. The monoisotopic (exact) mass is 440 g/mol. The van der Waals surface area contributed by atoms with E-state index in [1.165, 1.54) is 47.2 Å². The van der Waals surface area contributed by atoms with Gasteiger partial charge in [0.05, 0.1) is 0 Å². The van der Waals surface area contributed by atoms with E-state index in [1.807, 2.05) is 0 Å². The van der Waals surface area contributed by atoms with Crippen molar-refractivity contribution in [3.63, 3.8) is 0 Å². The van der Waals surface area contributed by atoms with Crippen LogP contribution in [0, 0.1) is 9.49 Å². The van der Waals surface area contributed by atoms with E-state index >= 15 is 0 Å². The molecule has 2 heterocycles. The Hall–Kier alpha value is -0.430. The SMILES string of the molecule is CN(Cc1ccsc1)CC1CCN(Cc2ccc(I)cc2)CC1. The van der Waals surface area contributed by atoms with Crippen LogP contribution in [0.5, 0.6) is 0 Å². The third-order valence-corrected chi connectivity index (χ3v) is 6.08. The summed E-state index contributed by atoms with van der Waals surface area (Å²) >= 11 is 4.17. The van der Waals surface area contributed by atoms with E-state index in [1.54, 1.807) is 11.3 Å². The molecule has 4 heteroatoms. The number of hydrogen-bond donors (Lipinski definition) is 0. The highest BCUT2D eigenvalue weighted by molar-refractivity contribution is 14.1. The third kappa shape index (κ3) is 5.55. The van der Waals surface area contributed by atoms with Crippen LogP contribution >= 0.6 is 33.9 Å². The van der Waals surface area contributed by atoms with Gasteiger partial charge in [0.1, 0.15) is 0 Å². The maximum absolute atomic E-state index is 2.61. The molecule has 23 heavy (non-hydrogen) atoms. The molecule has 0 saturated carbocycles. The molecule has 1 aromatic heterocycles. The molecule has 0 atom stereocenters. The van der Waals surface area contributed by atoms with Gasteiger partial charge in [-0.1, -0.05) is 12.1 Å². The minimum absolute atomic E-state index is 0.853. The van der Waals surface area contributed by atoms with Gasteiger partial charge >= 0.3 is 0 Å². The van der Waals surface area contributed by atoms with Gasteiger partial charge in [0.15, 0.2) is 0 Å². The topological polar surface area (TPSA) is 6.48 Å². The highest BCUT2D eigenvalue weighted by atomic mass is 127. The first-order valence-corrected chi connectivity index (χ1v) is 10.4. The van der Waals surface area contributed by atoms with E-state index < -0.39 is 0 Å². The second kappa shape index (κ2) is 8.60. The third-order valence-electron chi connectivity index (χ3n) is 4.63. The van der Waals surface area contributed by atoms with Gasteiger partial charge in [-0.05, 0) is 102 Å². The molecule has 0 unspecified atom stereocenters. The summed E-state index contributed by atoms with van der Waals surface area (Å²) < 4.78 is 1.32. The first-order chi connectivity index (χ1) is 11.2. The second-order valence-corrected chi connectivity index (χ2v) is 8.70. The van der Waals surface area contributed by atoms with Crippen LogP contribution in [-0.2, 0) is 13.1 Å². The normalized spacial score (nSPS) is 17.0. The van der Waals surface area contributed by atoms with Gasteiger partial charge < -0.3 is 4.90 Å². The van der Waals surface area contributed by atoms with Gasteiger partial charge in [-0.3, -0.25) is 4.90 Å². The zero-order valence-electron chi connectivity index (χ0n) is 13.7. The van der Waals surface area contributed by atoms with Crippen LogP contribution in [0.15, 0.2) is 41.1 Å². The molecule has 3 rings (SSSR count). The van der Waals surface area contributed by atoms with Crippen molar-refractivity contribution in [3.8, 4) is 0 Å². The Morgan fingerprint density at radius 1 is 1.13 bits per heavy atom. The second-order valence-electron chi connectivity index (χ2n) is 6.67. The van der Waals surface area contributed by atoms with E-state index in [0.717, 1.165) is 19.0 Å². The molecule has 1 aliphatic rings. The average molecular weight is 440 g/mol. The number of nitrogens with zero attached hydrogens (tertiary/aromatic N) is 2. The van der Waals surface area contributed by atoms with Crippen molar-refractivity contribution in [1.29, 1.82) is 0 Å². The smallest absolute Gasteiger partial charge is 0.0239 e. The van der Waals surface area contributed by atoms with Crippen LogP contribution in [0.2, 0.25) is 0 Å². The lowest BCUT2D eigenvalue weighted by molar-refractivity contribution is 0.147. The number of halogens is 1. The van der Waals surface area contributed by atoms with E-state index in [4.69, 9.17) is 0 Å². The standard InChI is InChI=1S/C19H25IN2S/c1-21(13-18-8-11-23-15-18)12-17-6-9-22(10-7-17)14-16-2-4-19(20)5-3-16/h2-5,8,11,15,17H,6-7,9-10,12-14H2,1H3. The predicted molar refractivity (Wildman–Crippen MR) is 108 cm³/mol. The summed E-state index contributed by atoms with van der Waals surface area (Å²) in [5, 5.41) is 4.44. The molecule has 2 nitrogen and oxygen atoms in total. The van der Waals surface area contributed by atoms with E-state index in [9.17, 15) is 0 Å². The highest BCUT2D eigenvalue weighted by Gasteiger charge is 2.20. The molecule has 1 aromatic carbocycles. The number of benzene rings is 1. The van der Waals surface area contributed by atoms with Crippen molar-refractivity contribution < 1.29 is 0 Å². The lowest BCUT2D eigenvalue weighted by atomic mass is 9.96. The number of likely N-dealkylation sites (tertiary alicyclic amines) is 1. The Balaban J connectivity index is 1.40. The number of rotatable bonds is 6. The predicted octanol–water partition coefficient (Wildman–Crippen LogP) is 4.70. The molecule has 0 radical (unpaired) electrons. The summed E-state index contributed by atoms with van der Waals surface area (Å²) in [6, 6.07) is 11.2. The Kier molecular flexibility index (Phi) is 6.51. The molecular weight excluding hydrogens is 415 g/mol. The minimum Gasteiger partial charge on any atom is -0.302 e. The molecular formula is C19H25IN2S. The summed E-state index contributed by atoms with van der Waals surface area (Å²) in [6.45, 7) is 5.90. The zero-order valence-corrected chi connectivity index (χ0v) is 16.7. The maximum Gasteiger partial charge on any atom is 0.0239 e. The summed E-state index contributed by atoms with van der Waals surface area (Å²) in [6.07, 6.45) is 2.66. The van der Waals surface area contributed by atoms with Gasteiger partial charge in [-0.2, -0.15) is 11.3 Å². The van der Waals surface area contributed by atoms with E-state index in [-0.39, 0.29) is 0 Å². The lowest BCUT2D eigenvalue weighted by Crippen LogP contribution is -2.37. The van der Waals surface area contributed by atoms with Gasteiger partial charge in [-0.15, -0.1) is 0 Å². The number of thiophene rings is 1. The summed E-state index contributed by atoms with van der Waals surface area (Å²) in [5.41, 5.74) is 2.90. The van der Waals surface area contributed by atoms with Crippen molar-refractivity contribution in [2.75, 3.05) is 26.7 Å².